The first-order chi connectivity index (χ1) is 13.9. The summed E-state index contributed by atoms with van der Waals surface area (Å²) in [6, 6.07) is 0. The van der Waals surface area contributed by atoms with Crippen LogP contribution in [-0.2, 0) is 0 Å². The molecule has 32 N–H and O–H groups in total. The Labute approximate surface area is 259 Å². The zero-order chi connectivity index (χ0) is 28.6. The summed E-state index contributed by atoms with van der Waals surface area (Å²) < 4.78 is 0. The second kappa shape index (κ2) is 83.3. The first-order valence-electron chi connectivity index (χ1n) is 6.20. The van der Waals surface area contributed by atoms with Gasteiger partial charge in [0.05, 0.1) is 0 Å². The van der Waals surface area contributed by atoms with E-state index in [9.17, 15) is 0 Å². The van der Waals surface area contributed by atoms with Gasteiger partial charge in [-0.05, 0) is 0 Å². The molecule has 0 aliphatic carbocycles. The van der Waals surface area contributed by atoms with Crippen LogP contribution >= 0.6 is 0 Å². The summed E-state index contributed by atoms with van der Waals surface area (Å²) in [7, 11) is -17.3. The molecular weight excluding hydrogens is 580 g/mol. The molecule has 0 heterocycles. The summed E-state index contributed by atoms with van der Waals surface area (Å²) in [4.78, 5) is 0. The minimum absolute atomic E-state index is 0. The predicted octanol–water partition coefficient (Wildman–Crippen LogP) is -20.5. The normalized spacial score (nSPS) is 5.68. The average molecular weight is 613 g/mol. The Kier molecular flexibility index (Phi) is 197. The van der Waals surface area contributed by atoms with Crippen molar-refractivity contribution in [2.75, 3.05) is 0 Å². The molecular formula is H32B8Na2O28. The van der Waals surface area contributed by atoms with E-state index >= 15 is 0 Å². The van der Waals surface area contributed by atoms with Crippen molar-refractivity contribution >= 4 is 118 Å². The van der Waals surface area contributed by atoms with Crippen LogP contribution in [0.1, 0.15) is 0 Å². The Morgan fingerprint density at radius 3 is 0.158 bits per heavy atom. The van der Waals surface area contributed by atoms with Gasteiger partial charge in [0.25, 0.3) is 0 Å². The van der Waals surface area contributed by atoms with Gasteiger partial charge in [-0.3, -0.25) is 0 Å². The molecule has 38 heavy (non-hydrogen) atoms. The van der Waals surface area contributed by atoms with Gasteiger partial charge in [-0.2, -0.15) is 0 Å². The fraction of sp³-hybridized carbons (Fsp3) is 0. The first-order valence-corrected chi connectivity index (χ1v) is 6.20. The van der Waals surface area contributed by atoms with Crippen LogP contribution in [0.4, 0.5) is 0 Å². The third-order valence-corrected chi connectivity index (χ3v) is 0. The summed E-state index contributed by atoms with van der Waals surface area (Å²) in [6.07, 6.45) is 0. The molecule has 226 valence electrons. The van der Waals surface area contributed by atoms with Crippen LogP contribution in [0.5, 0.6) is 0 Å². The maximum atomic E-state index is 7.17. The van der Waals surface area contributed by atoms with Crippen molar-refractivity contribution in [2.24, 2.45) is 0 Å². The minimum atomic E-state index is -2.17. The fourth-order valence-electron chi connectivity index (χ4n) is 0. The Bertz CT molecular complexity index is 149. The largest absolute Gasteiger partial charge is 0.631 e. The minimum Gasteiger partial charge on any atom is -0.412 e. The summed E-state index contributed by atoms with van der Waals surface area (Å²) in [5.74, 6) is 0. The van der Waals surface area contributed by atoms with Crippen molar-refractivity contribution in [3.8, 4) is 0 Å². The van der Waals surface area contributed by atoms with Crippen LogP contribution < -0.4 is 0 Å². The summed E-state index contributed by atoms with van der Waals surface area (Å²) in [6.45, 7) is 0. The maximum Gasteiger partial charge on any atom is 0.631 e. The van der Waals surface area contributed by atoms with Crippen molar-refractivity contribution in [1.82, 2.24) is 0 Å². The maximum absolute atomic E-state index is 7.17. The predicted molar refractivity (Wildman–Crippen MR) is 125 cm³/mol. The molecule has 38 heteroatoms. The molecule has 0 aromatic heterocycles. The molecule has 0 unspecified atom stereocenters. The second-order valence-corrected chi connectivity index (χ2v) is 2.77. The zero-order valence-electron chi connectivity index (χ0n) is 19.4. The smallest absolute Gasteiger partial charge is 0.412 e. The number of rotatable bonds is 0. The van der Waals surface area contributed by atoms with E-state index in [4.69, 9.17) is 121 Å². The Balaban J connectivity index is -0.0000000141. The molecule has 0 fully saturated rings. The van der Waals surface area contributed by atoms with Crippen LogP contribution in [0.25, 0.3) is 0 Å². The van der Waals surface area contributed by atoms with Gasteiger partial charge >= 0.3 is 58.6 Å². The van der Waals surface area contributed by atoms with E-state index in [2.05, 4.69) is 0 Å². The third-order valence-electron chi connectivity index (χ3n) is 0. The molecule has 0 spiro atoms. The summed E-state index contributed by atoms with van der Waals surface area (Å²) in [5, 5.41) is 172. The van der Waals surface area contributed by atoms with Gasteiger partial charge in [0.2, 0.25) is 0 Å². The topological polar surface area (TPSA) is 612 Å². The third kappa shape index (κ3) is 25300. The van der Waals surface area contributed by atoms with Crippen molar-refractivity contribution < 1.29 is 142 Å². The molecule has 0 saturated carbocycles. The Morgan fingerprint density at radius 2 is 0.158 bits per heavy atom. The molecule has 2 radical (unpaired) electrons. The van der Waals surface area contributed by atoms with Gasteiger partial charge in [-0.15, -0.1) is 0 Å². The first kappa shape index (κ1) is 90.1. The Morgan fingerprint density at radius 1 is 0.158 bits per heavy atom. The quantitative estimate of drug-likeness (QED) is 0.113. The van der Waals surface area contributed by atoms with Crippen LogP contribution in [0.3, 0.4) is 0 Å². The van der Waals surface area contributed by atoms with E-state index in [0.717, 1.165) is 0 Å². The van der Waals surface area contributed by atoms with Gasteiger partial charge in [0.15, 0.2) is 0 Å². The van der Waals surface area contributed by atoms with Gasteiger partial charge in [-0.25, -0.2) is 0 Å². The van der Waals surface area contributed by atoms with Crippen molar-refractivity contribution in [3.05, 3.63) is 0 Å². The number of hydrogen-bond donors (Lipinski definition) is 24. The van der Waals surface area contributed by atoms with Gasteiger partial charge in [0, 0.05) is 59.1 Å². The van der Waals surface area contributed by atoms with Crippen molar-refractivity contribution in [1.29, 1.82) is 0 Å². The number of hydrogen-bond acceptors (Lipinski definition) is 24. The summed E-state index contributed by atoms with van der Waals surface area (Å²) in [5.41, 5.74) is 0. The summed E-state index contributed by atoms with van der Waals surface area (Å²) >= 11 is 0. The fourth-order valence-corrected chi connectivity index (χ4v) is 0. The van der Waals surface area contributed by atoms with Crippen molar-refractivity contribution in [2.45, 2.75) is 0 Å². The van der Waals surface area contributed by atoms with E-state index in [-0.39, 0.29) is 81.0 Å². The molecule has 0 aromatic rings. The van der Waals surface area contributed by atoms with E-state index in [1.165, 1.54) is 0 Å². The molecule has 0 aliphatic heterocycles. The Hall–Kier alpha value is 1.40. The molecule has 0 aliphatic rings. The average Bonchev–Trinajstić information content (AvgIpc) is 2.30. The van der Waals surface area contributed by atoms with Crippen LogP contribution in [0.15, 0.2) is 0 Å². The molecule has 0 saturated heterocycles. The molecule has 0 bridgehead atoms. The second-order valence-electron chi connectivity index (χ2n) is 2.77. The van der Waals surface area contributed by atoms with E-state index < -0.39 is 58.6 Å². The van der Waals surface area contributed by atoms with Crippen LogP contribution in [0, 0.1) is 0 Å². The molecule has 0 amide bonds. The molecule has 0 aromatic carbocycles. The van der Waals surface area contributed by atoms with Crippen LogP contribution in [0.2, 0.25) is 0 Å². The van der Waals surface area contributed by atoms with Gasteiger partial charge < -0.3 is 142 Å². The van der Waals surface area contributed by atoms with Crippen molar-refractivity contribution in [3.63, 3.8) is 0 Å². The van der Waals surface area contributed by atoms with Gasteiger partial charge in [0.1, 0.15) is 0 Å². The van der Waals surface area contributed by atoms with Gasteiger partial charge in [-0.1, -0.05) is 0 Å². The monoisotopic (exact) mass is 614 g/mol. The van der Waals surface area contributed by atoms with E-state index in [1.807, 2.05) is 0 Å². The molecule has 28 nitrogen and oxygen atoms in total. The molecule has 0 rings (SSSR count). The van der Waals surface area contributed by atoms with Crippen LogP contribution in [-0.4, -0.2) is 260 Å². The zero-order valence-corrected chi connectivity index (χ0v) is 23.4. The van der Waals surface area contributed by atoms with E-state index in [1.54, 1.807) is 0 Å². The molecule has 0 atom stereocenters. The van der Waals surface area contributed by atoms with E-state index in [0.29, 0.717) is 0 Å². The SMILES string of the molecule is O.O.O.O.OB(O)O.OB(O)O.OB(O)O.OB(O)O.OB(O)O.OB(O)O.OB(O)O.OB(O)O.[Na].[Na]. The standard InChI is InChI=1S/8BH3O3.2Na.4H2O/c8*2-1(3)4;;;;;;/h8*2-4H;;;4*1H2.